The summed E-state index contributed by atoms with van der Waals surface area (Å²) in [6, 6.07) is 4.97. The summed E-state index contributed by atoms with van der Waals surface area (Å²) in [5, 5.41) is 0. The van der Waals surface area contributed by atoms with Crippen molar-refractivity contribution < 1.29 is 20.0 Å². The van der Waals surface area contributed by atoms with Gasteiger partial charge in [0.25, 0.3) is 0 Å². The van der Waals surface area contributed by atoms with E-state index in [9.17, 15) is 4.79 Å². The predicted octanol–water partition coefficient (Wildman–Crippen LogP) is 0.355. The Morgan fingerprint density at radius 2 is 2.08 bits per heavy atom. The fourth-order valence-corrected chi connectivity index (χ4v) is 0.989. The van der Waals surface area contributed by atoms with Gasteiger partial charge in [0.1, 0.15) is 0 Å². The number of carbonyl (C=O) groups excluding carboxylic acids is 1. The molecule has 0 spiro atoms. The molecule has 4 heteroatoms. The molecule has 3 N–H and O–H groups in total. The number of methoxy groups -OCH3 is 2. The summed E-state index contributed by atoms with van der Waals surface area (Å²) in [5.41, 5.74) is 4.95. The van der Waals surface area contributed by atoms with E-state index in [-0.39, 0.29) is 5.97 Å². The number of quaternary nitrogens is 1. The van der Waals surface area contributed by atoms with Crippen LogP contribution in [0.2, 0.25) is 0 Å². The van der Waals surface area contributed by atoms with Crippen LogP contribution in [-0.4, -0.2) is 20.2 Å². The molecule has 13 heavy (non-hydrogen) atoms. The highest BCUT2D eigenvalue weighted by Gasteiger charge is 2.09. The lowest BCUT2D eigenvalue weighted by molar-refractivity contribution is -0.256. The van der Waals surface area contributed by atoms with Crippen LogP contribution in [-0.2, 0) is 4.74 Å². The van der Waals surface area contributed by atoms with Gasteiger partial charge in [-0.1, -0.05) is 0 Å². The largest absolute Gasteiger partial charge is 0.491 e. The zero-order valence-electron chi connectivity index (χ0n) is 7.66. The molecule has 0 aliphatic heterocycles. The lowest BCUT2D eigenvalue weighted by Gasteiger charge is -2.03. The molecule has 0 amide bonds. The number of benzene rings is 1. The van der Waals surface area contributed by atoms with Crippen LogP contribution < -0.4 is 10.5 Å². The van der Waals surface area contributed by atoms with Gasteiger partial charge in [-0.05, 0) is 6.07 Å². The highest BCUT2D eigenvalue weighted by Crippen LogP contribution is 2.20. The van der Waals surface area contributed by atoms with Crippen LogP contribution in [0.3, 0.4) is 0 Å². The topological polar surface area (TPSA) is 63.2 Å². The molecule has 4 nitrogen and oxygen atoms in total. The van der Waals surface area contributed by atoms with Crippen LogP contribution in [0.25, 0.3) is 0 Å². The molecule has 0 atom stereocenters. The summed E-state index contributed by atoms with van der Waals surface area (Å²) < 4.78 is 9.57. The van der Waals surface area contributed by atoms with Gasteiger partial charge in [-0.2, -0.15) is 0 Å². The van der Waals surface area contributed by atoms with E-state index in [1.54, 1.807) is 18.2 Å². The van der Waals surface area contributed by atoms with Gasteiger partial charge in [-0.15, -0.1) is 0 Å². The van der Waals surface area contributed by atoms with E-state index in [0.29, 0.717) is 11.3 Å². The first-order valence-electron chi connectivity index (χ1n) is 3.77. The summed E-state index contributed by atoms with van der Waals surface area (Å²) in [6.45, 7) is 0. The lowest BCUT2D eigenvalue weighted by atomic mass is 10.2. The molecule has 0 saturated heterocycles. The van der Waals surface area contributed by atoms with Crippen molar-refractivity contribution in [1.29, 1.82) is 0 Å². The maximum atomic E-state index is 11.1. The minimum absolute atomic E-state index is 0.377. The van der Waals surface area contributed by atoms with Crippen molar-refractivity contribution in [2.24, 2.45) is 0 Å². The number of ether oxygens (including phenoxy) is 2. The first-order chi connectivity index (χ1) is 6.19. The maximum Gasteiger partial charge on any atom is 0.337 e. The summed E-state index contributed by atoms with van der Waals surface area (Å²) in [6.07, 6.45) is 0. The van der Waals surface area contributed by atoms with Crippen molar-refractivity contribution in [2.45, 2.75) is 0 Å². The molecule has 0 aliphatic carbocycles. The van der Waals surface area contributed by atoms with Crippen molar-refractivity contribution in [1.82, 2.24) is 0 Å². The number of hydrogen-bond acceptors (Lipinski definition) is 3. The van der Waals surface area contributed by atoms with Crippen molar-refractivity contribution in [2.75, 3.05) is 14.2 Å². The Morgan fingerprint density at radius 1 is 1.38 bits per heavy atom. The number of rotatable bonds is 2. The van der Waals surface area contributed by atoms with Gasteiger partial charge in [0.2, 0.25) is 0 Å². The molecule has 0 unspecified atom stereocenters. The third kappa shape index (κ3) is 1.97. The molecule has 0 aliphatic rings. The van der Waals surface area contributed by atoms with E-state index in [0.717, 1.165) is 5.69 Å². The summed E-state index contributed by atoms with van der Waals surface area (Å²) >= 11 is 0. The van der Waals surface area contributed by atoms with Crippen LogP contribution in [0, 0.1) is 0 Å². The fourth-order valence-electron chi connectivity index (χ4n) is 0.989. The predicted molar refractivity (Wildman–Crippen MR) is 46.9 cm³/mol. The third-order valence-electron chi connectivity index (χ3n) is 1.71. The Labute approximate surface area is 76.3 Å². The first kappa shape index (κ1) is 9.54. The molecule has 1 aromatic rings. The molecule has 0 saturated carbocycles. The Bertz CT molecular complexity index is 323. The molecule has 0 fully saturated rings. The summed E-state index contributed by atoms with van der Waals surface area (Å²) in [4.78, 5) is 11.1. The zero-order valence-corrected chi connectivity index (χ0v) is 7.66. The quantitative estimate of drug-likeness (QED) is 0.671. The average molecular weight is 182 g/mol. The van der Waals surface area contributed by atoms with Crippen LogP contribution >= 0.6 is 0 Å². The van der Waals surface area contributed by atoms with E-state index in [4.69, 9.17) is 4.74 Å². The molecule has 0 heterocycles. The van der Waals surface area contributed by atoms with E-state index in [2.05, 4.69) is 10.5 Å². The minimum atomic E-state index is -0.377. The monoisotopic (exact) mass is 182 g/mol. The van der Waals surface area contributed by atoms with Gasteiger partial charge >= 0.3 is 5.97 Å². The standard InChI is InChI=1S/C9H11NO3/c1-12-8-5-6(9(11)13-2)3-4-7(8)10/h3-5H,10H2,1-2H3/p+1. The molecular weight excluding hydrogens is 170 g/mol. The Balaban J connectivity index is 3.06. The van der Waals surface area contributed by atoms with E-state index in [1.807, 2.05) is 0 Å². The van der Waals surface area contributed by atoms with Crippen molar-refractivity contribution in [3.63, 3.8) is 0 Å². The molecule has 1 rings (SSSR count). The molecule has 0 aromatic heterocycles. The van der Waals surface area contributed by atoms with Crippen LogP contribution in [0.15, 0.2) is 18.2 Å². The lowest BCUT2D eigenvalue weighted by Crippen LogP contribution is -2.40. The SMILES string of the molecule is COC(=O)c1ccc([NH3+])c(OC)c1. The zero-order chi connectivity index (χ0) is 9.84. The van der Waals surface area contributed by atoms with Gasteiger partial charge in [-0.25, -0.2) is 4.79 Å². The molecule has 0 bridgehead atoms. The number of carbonyl (C=O) groups is 1. The second-order valence-electron chi connectivity index (χ2n) is 2.52. The highest BCUT2D eigenvalue weighted by molar-refractivity contribution is 5.90. The van der Waals surface area contributed by atoms with Gasteiger partial charge in [0, 0.05) is 12.1 Å². The van der Waals surface area contributed by atoms with Gasteiger partial charge in [0.15, 0.2) is 11.4 Å². The maximum absolute atomic E-state index is 11.1. The Hall–Kier alpha value is -1.55. The van der Waals surface area contributed by atoms with Crippen molar-refractivity contribution in [3.8, 4) is 5.75 Å². The van der Waals surface area contributed by atoms with Gasteiger partial charge < -0.3 is 15.2 Å². The Morgan fingerprint density at radius 3 is 2.62 bits per heavy atom. The normalized spacial score (nSPS) is 9.46. The number of hydrogen-bond donors (Lipinski definition) is 1. The van der Waals surface area contributed by atoms with Crippen LogP contribution in [0.1, 0.15) is 10.4 Å². The molecular formula is C9H12NO3+. The molecule has 1 aromatic carbocycles. The highest BCUT2D eigenvalue weighted by atomic mass is 16.5. The smallest absolute Gasteiger partial charge is 0.337 e. The minimum Gasteiger partial charge on any atom is -0.491 e. The van der Waals surface area contributed by atoms with E-state index >= 15 is 0 Å². The summed E-state index contributed by atoms with van der Waals surface area (Å²) in [7, 11) is 2.87. The van der Waals surface area contributed by atoms with Crippen molar-refractivity contribution >= 4 is 11.7 Å². The Kier molecular flexibility index (Phi) is 2.87. The van der Waals surface area contributed by atoms with Gasteiger partial charge in [0.05, 0.1) is 19.8 Å². The van der Waals surface area contributed by atoms with Gasteiger partial charge in [-0.3, -0.25) is 0 Å². The molecule has 0 radical (unpaired) electrons. The van der Waals surface area contributed by atoms with E-state index < -0.39 is 0 Å². The second kappa shape index (κ2) is 3.91. The first-order valence-corrected chi connectivity index (χ1v) is 3.77. The van der Waals surface area contributed by atoms with Crippen molar-refractivity contribution in [3.05, 3.63) is 23.8 Å². The number of esters is 1. The fraction of sp³-hybridized carbons (Fsp3) is 0.222. The third-order valence-corrected chi connectivity index (χ3v) is 1.71. The molecule has 70 valence electrons. The van der Waals surface area contributed by atoms with Crippen LogP contribution in [0.5, 0.6) is 5.75 Å². The summed E-state index contributed by atoms with van der Waals surface area (Å²) in [5.74, 6) is 0.209. The van der Waals surface area contributed by atoms with E-state index in [1.165, 1.54) is 14.2 Å². The van der Waals surface area contributed by atoms with Crippen LogP contribution in [0.4, 0.5) is 5.69 Å². The second-order valence-corrected chi connectivity index (χ2v) is 2.52. The average Bonchev–Trinajstić information content (AvgIpc) is 2.17.